The molecular weight excluding hydrogens is 224 g/mol. The summed E-state index contributed by atoms with van der Waals surface area (Å²) >= 11 is 0. The number of hydrogen-bond acceptors (Lipinski definition) is 1. The second-order valence-corrected chi connectivity index (χ2v) is 5.34. The van der Waals surface area contributed by atoms with E-state index in [1.807, 2.05) is 6.92 Å². The van der Waals surface area contributed by atoms with E-state index in [0.29, 0.717) is 11.8 Å². The number of aliphatic carboxylic acids is 1. The number of carboxylic acids is 1. The van der Waals surface area contributed by atoms with Gasteiger partial charge in [0.1, 0.15) is 0 Å². The number of benzene rings is 1. The lowest BCUT2D eigenvalue weighted by atomic mass is 10.0. The van der Waals surface area contributed by atoms with Gasteiger partial charge in [-0.25, -0.2) is 0 Å². The van der Waals surface area contributed by atoms with E-state index in [0.717, 1.165) is 12.8 Å². The van der Waals surface area contributed by atoms with Crippen LogP contribution in [0.15, 0.2) is 30.3 Å². The van der Waals surface area contributed by atoms with Crippen molar-refractivity contribution in [3.05, 3.63) is 41.5 Å². The summed E-state index contributed by atoms with van der Waals surface area (Å²) in [5.41, 5.74) is 2.48. The fourth-order valence-corrected chi connectivity index (χ4v) is 2.39. The van der Waals surface area contributed by atoms with Gasteiger partial charge in [0.25, 0.3) is 0 Å². The van der Waals surface area contributed by atoms with E-state index in [-0.39, 0.29) is 5.92 Å². The van der Waals surface area contributed by atoms with Gasteiger partial charge in [0.2, 0.25) is 0 Å². The van der Waals surface area contributed by atoms with Crippen LogP contribution in [-0.2, 0) is 4.79 Å². The maximum atomic E-state index is 10.8. The maximum Gasteiger partial charge on any atom is 0.306 e. The molecule has 0 bridgehead atoms. The second kappa shape index (κ2) is 5.38. The maximum absolute atomic E-state index is 10.8. The smallest absolute Gasteiger partial charge is 0.306 e. The van der Waals surface area contributed by atoms with E-state index in [1.54, 1.807) is 0 Å². The van der Waals surface area contributed by atoms with Crippen molar-refractivity contribution in [3.63, 3.8) is 0 Å². The molecule has 96 valence electrons. The SMILES string of the molecule is Cc1ccc(C=CCC2CC2C(C)C(=O)O)cc1. The Hall–Kier alpha value is -1.57. The molecule has 1 fully saturated rings. The molecule has 3 unspecified atom stereocenters. The zero-order chi connectivity index (χ0) is 13.1. The molecule has 1 aromatic carbocycles. The third-order valence-electron chi connectivity index (χ3n) is 3.84. The fourth-order valence-electron chi connectivity index (χ4n) is 2.39. The van der Waals surface area contributed by atoms with Crippen molar-refractivity contribution in [1.82, 2.24) is 0 Å². The van der Waals surface area contributed by atoms with Crippen LogP contribution in [0.4, 0.5) is 0 Å². The van der Waals surface area contributed by atoms with Gasteiger partial charge in [-0.15, -0.1) is 0 Å². The largest absolute Gasteiger partial charge is 0.481 e. The fraction of sp³-hybridized carbons (Fsp3) is 0.438. The molecule has 1 saturated carbocycles. The van der Waals surface area contributed by atoms with Crippen LogP contribution in [0.3, 0.4) is 0 Å². The third kappa shape index (κ3) is 3.22. The average Bonchev–Trinajstić information content (AvgIpc) is 3.10. The molecule has 0 heterocycles. The van der Waals surface area contributed by atoms with Gasteiger partial charge in [0.05, 0.1) is 5.92 Å². The molecule has 3 atom stereocenters. The number of aryl methyl sites for hydroxylation is 1. The summed E-state index contributed by atoms with van der Waals surface area (Å²) in [5, 5.41) is 8.92. The zero-order valence-electron chi connectivity index (χ0n) is 11.0. The molecule has 0 spiro atoms. The minimum atomic E-state index is -0.662. The quantitative estimate of drug-likeness (QED) is 0.856. The number of carbonyl (C=O) groups is 1. The van der Waals surface area contributed by atoms with E-state index in [1.165, 1.54) is 11.1 Å². The minimum absolute atomic E-state index is 0.192. The van der Waals surface area contributed by atoms with Crippen LogP contribution in [0.5, 0.6) is 0 Å². The Labute approximate surface area is 108 Å². The van der Waals surface area contributed by atoms with Gasteiger partial charge in [-0.05, 0) is 37.2 Å². The predicted octanol–water partition coefficient (Wildman–Crippen LogP) is 3.76. The van der Waals surface area contributed by atoms with E-state index in [2.05, 4.69) is 43.3 Å². The summed E-state index contributed by atoms with van der Waals surface area (Å²) in [4.78, 5) is 10.8. The van der Waals surface area contributed by atoms with E-state index in [9.17, 15) is 4.79 Å². The van der Waals surface area contributed by atoms with Crippen LogP contribution in [0.25, 0.3) is 6.08 Å². The lowest BCUT2D eigenvalue weighted by molar-refractivity contribution is -0.141. The first-order valence-electron chi connectivity index (χ1n) is 6.54. The Morgan fingerprint density at radius 3 is 2.72 bits per heavy atom. The molecule has 2 heteroatoms. The molecule has 2 nitrogen and oxygen atoms in total. The number of rotatable bonds is 5. The number of allylic oxidation sites excluding steroid dienone is 1. The molecule has 1 aliphatic carbocycles. The van der Waals surface area contributed by atoms with Crippen molar-refractivity contribution in [1.29, 1.82) is 0 Å². The van der Waals surface area contributed by atoms with Crippen LogP contribution in [0, 0.1) is 24.7 Å². The van der Waals surface area contributed by atoms with Crippen molar-refractivity contribution in [2.75, 3.05) is 0 Å². The lowest BCUT2D eigenvalue weighted by Crippen LogP contribution is -2.12. The van der Waals surface area contributed by atoms with Crippen LogP contribution in [0.1, 0.15) is 30.9 Å². The van der Waals surface area contributed by atoms with Crippen molar-refractivity contribution < 1.29 is 9.90 Å². The van der Waals surface area contributed by atoms with Crippen LogP contribution >= 0.6 is 0 Å². The zero-order valence-corrected chi connectivity index (χ0v) is 11.0. The molecule has 1 aliphatic rings. The normalized spacial score (nSPS) is 24.1. The Kier molecular flexibility index (Phi) is 3.85. The first-order chi connectivity index (χ1) is 8.58. The molecule has 0 aliphatic heterocycles. The van der Waals surface area contributed by atoms with Gasteiger partial charge in [0.15, 0.2) is 0 Å². The van der Waals surface area contributed by atoms with Gasteiger partial charge in [-0.1, -0.05) is 48.9 Å². The Balaban J connectivity index is 1.80. The van der Waals surface area contributed by atoms with Gasteiger partial charge >= 0.3 is 5.97 Å². The number of hydrogen-bond donors (Lipinski definition) is 1. The van der Waals surface area contributed by atoms with Gasteiger partial charge < -0.3 is 5.11 Å². The number of carboxylic acid groups (broad SMARTS) is 1. The third-order valence-corrected chi connectivity index (χ3v) is 3.84. The first kappa shape index (κ1) is 12.9. The van der Waals surface area contributed by atoms with Crippen LogP contribution in [0.2, 0.25) is 0 Å². The average molecular weight is 244 g/mol. The topological polar surface area (TPSA) is 37.3 Å². The summed E-state index contributed by atoms with van der Waals surface area (Å²) in [6, 6.07) is 8.42. The van der Waals surface area contributed by atoms with Crippen LogP contribution < -0.4 is 0 Å². The first-order valence-corrected chi connectivity index (χ1v) is 6.54. The summed E-state index contributed by atoms with van der Waals surface area (Å²) in [6.45, 7) is 3.90. The van der Waals surface area contributed by atoms with Gasteiger partial charge in [-0.2, -0.15) is 0 Å². The van der Waals surface area contributed by atoms with E-state index >= 15 is 0 Å². The standard InChI is InChI=1S/C16H20O2/c1-11-6-8-13(9-7-11)4-3-5-14-10-15(14)12(2)16(17)18/h3-4,6-9,12,14-15H,5,10H2,1-2H3,(H,17,18). The van der Waals surface area contributed by atoms with Gasteiger partial charge in [0, 0.05) is 0 Å². The van der Waals surface area contributed by atoms with Crippen molar-refractivity contribution in [2.24, 2.45) is 17.8 Å². The molecule has 18 heavy (non-hydrogen) atoms. The second-order valence-electron chi connectivity index (χ2n) is 5.34. The molecule has 2 rings (SSSR count). The molecule has 1 aromatic rings. The minimum Gasteiger partial charge on any atom is -0.481 e. The molecular formula is C16H20O2. The van der Waals surface area contributed by atoms with Crippen molar-refractivity contribution in [2.45, 2.75) is 26.7 Å². The Morgan fingerprint density at radius 2 is 2.11 bits per heavy atom. The highest BCUT2D eigenvalue weighted by atomic mass is 16.4. The highest BCUT2D eigenvalue weighted by molar-refractivity contribution is 5.70. The summed E-state index contributed by atoms with van der Waals surface area (Å²) in [6.07, 6.45) is 6.35. The van der Waals surface area contributed by atoms with E-state index in [4.69, 9.17) is 5.11 Å². The molecule has 0 amide bonds. The summed E-state index contributed by atoms with van der Waals surface area (Å²) < 4.78 is 0. The molecule has 0 radical (unpaired) electrons. The van der Waals surface area contributed by atoms with Crippen LogP contribution in [-0.4, -0.2) is 11.1 Å². The lowest BCUT2D eigenvalue weighted by Gasteiger charge is -2.03. The highest BCUT2D eigenvalue weighted by Gasteiger charge is 2.42. The molecule has 0 aromatic heterocycles. The molecule has 1 N–H and O–H groups in total. The van der Waals surface area contributed by atoms with Crippen molar-refractivity contribution in [3.8, 4) is 0 Å². The monoisotopic (exact) mass is 244 g/mol. The Bertz CT molecular complexity index is 445. The molecule has 0 saturated heterocycles. The Morgan fingerprint density at radius 1 is 1.44 bits per heavy atom. The van der Waals surface area contributed by atoms with E-state index < -0.39 is 5.97 Å². The summed E-state index contributed by atoms with van der Waals surface area (Å²) in [7, 11) is 0. The van der Waals surface area contributed by atoms with Gasteiger partial charge in [-0.3, -0.25) is 4.79 Å². The highest BCUT2D eigenvalue weighted by Crippen LogP contribution is 2.46. The predicted molar refractivity (Wildman–Crippen MR) is 73.2 cm³/mol. The summed E-state index contributed by atoms with van der Waals surface area (Å²) in [5.74, 6) is 0.0933. The van der Waals surface area contributed by atoms with Crippen molar-refractivity contribution >= 4 is 12.0 Å².